The second-order valence-corrected chi connectivity index (χ2v) is 9.68. The third-order valence-corrected chi connectivity index (χ3v) is 8.50. The lowest BCUT2D eigenvalue weighted by Crippen LogP contribution is -2.44. The summed E-state index contributed by atoms with van der Waals surface area (Å²) in [4.78, 5) is 12.0. The van der Waals surface area contributed by atoms with E-state index in [0.29, 0.717) is 35.8 Å². The van der Waals surface area contributed by atoms with E-state index in [1.165, 1.54) is 24.0 Å². The Morgan fingerprint density at radius 2 is 2.11 bits per heavy atom. The molecule has 0 bridgehead atoms. The van der Waals surface area contributed by atoms with Gasteiger partial charge in [0.1, 0.15) is 5.75 Å². The minimum absolute atomic E-state index is 0.144. The molecule has 0 saturated heterocycles. The Balaban J connectivity index is 1.60. The van der Waals surface area contributed by atoms with Crippen molar-refractivity contribution >= 4 is 17.6 Å². The molecule has 3 aliphatic carbocycles. The van der Waals surface area contributed by atoms with Crippen LogP contribution >= 0.6 is 11.6 Å². The molecule has 2 N–H and O–H groups in total. The van der Waals surface area contributed by atoms with E-state index in [2.05, 4.69) is 13.0 Å². The molecule has 3 aliphatic rings. The van der Waals surface area contributed by atoms with Crippen molar-refractivity contribution < 1.29 is 15.0 Å². The van der Waals surface area contributed by atoms with E-state index in [4.69, 9.17) is 11.6 Å². The Labute approximate surface area is 167 Å². The summed E-state index contributed by atoms with van der Waals surface area (Å²) in [6.45, 7) is 2.38. The molecule has 0 heterocycles. The van der Waals surface area contributed by atoms with Gasteiger partial charge in [0.15, 0.2) is 0 Å². The van der Waals surface area contributed by atoms with Crippen LogP contribution in [0.5, 0.6) is 5.75 Å². The summed E-state index contributed by atoms with van der Waals surface area (Å²) in [5, 5.41) is 19.7. The van der Waals surface area contributed by atoms with Crippen molar-refractivity contribution in [2.24, 2.45) is 29.1 Å². The number of carboxylic acid groups (broad SMARTS) is 1. The van der Waals surface area contributed by atoms with Crippen molar-refractivity contribution in [1.82, 2.24) is 0 Å². The Bertz CT molecular complexity index is 718. The molecule has 0 amide bonds. The second-order valence-electron chi connectivity index (χ2n) is 9.30. The molecular weight excluding hydrogens is 360 g/mol. The summed E-state index contributed by atoms with van der Waals surface area (Å²) in [7, 11) is 0. The first-order valence-corrected chi connectivity index (χ1v) is 11.1. The Kier molecular flexibility index (Phi) is 5.18. The summed E-state index contributed by atoms with van der Waals surface area (Å²) in [6.07, 6.45) is 8.19. The Hall–Kier alpha value is -1.22. The van der Waals surface area contributed by atoms with Crippen molar-refractivity contribution in [2.45, 2.75) is 64.2 Å². The van der Waals surface area contributed by atoms with Gasteiger partial charge in [0.05, 0.1) is 5.92 Å². The van der Waals surface area contributed by atoms with Crippen LogP contribution in [0.3, 0.4) is 0 Å². The SMILES string of the molecule is C[C@]12CC[C@@H]3c4ccc(O)cc4CC[C@H]3[C@@H]1CC[C@@H]2C(CCCCl)C(=O)O. The number of halogens is 1. The number of rotatable bonds is 5. The van der Waals surface area contributed by atoms with E-state index < -0.39 is 5.97 Å². The lowest BCUT2D eigenvalue weighted by atomic mass is 9.53. The lowest BCUT2D eigenvalue weighted by molar-refractivity contribution is -0.146. The van der Waals surface area contributed by atoms with E-state index in [0.717, 1.165) is 32.1 Å². The van der Waals surface area contributed by atoms with E-state index >= 15 is 0 Å². The number of fused-ring (bicyclic) bond motifs is 5. The van der Waals surface area contributed by atoms with E-state index in [1.807, 2.05) is 12.1 Å². The average Bonchev–Trinajstić information content (AvgIpc) is 2.98. The smallest absolute Gasteiger partial charge is 0.306 e. The first-order valence-electron chi connectivity index (χ1n) is 10.6. The first-order chi connectivity index (χ1) is 13.0. The summed E-state index contributed by atoms with van der Waals surface area (Å²) in [5.74, 6) is 2.20. The fourth-order valence-electron chi connectivity index (χ4n) is 7.06. The third kappa shape index (κ3) is 3.16. The number of phenolic OH excluding ortho intramolecular Hbond substituents is 1. The minimum Gasteiger partial charge on any atom is -0.508 e. The molecule has 1 unspecified atom stereocenters. The number of alkyl halides is 1. The van der Waals surface area contributed by atoms with Gasteiger partial charge in [-0.25, -0.2) is 0 Å². The molecule has 1 aromatic rings. The number of carboxylic acids is 1. The largest absolute Gasteiger partial charge is 0.508 e. The fraction of sp³-hybridized carbons (Fsp3) is 0.696. The van der Waals surface area contributed by atoms with Crippen LogP contribution in [0.1, 0.15) is 68.9 Å². The summed E-state index contributed by atoms with van der Waals surface area (Å²) >= 11 is 5.87. The number of hydrogen-bond acceptors (Lipinski definition) is 2. The molecule has 0 radical (unpaired) electrons. The van der Waals surface area contributed by atoms with Gasteiger partial charge in [0, 0.05) is 5.88 Å². The minimum atomic E-state index is -0.626. The quantitative estimate of drug-likeness (QED) is 0.645. The van der Waals surface area contributed by atoms with Crippen LogP contribution in [0.15, 0.2) is 18.2 Å². The van der Waals surface area contributed by atoms with Gasteiger partial charge in [-0.15, -0.1) is 11.6 Å². The fourth-order valence-corrected chi connectivity index (χ4v) is 7.22. The first kappa shape index (κ1) is 19.1. The Morgan fingerprint density at radius 1 is 1.30 bits per heavy atom. The molecule has 0 aromatic heterocycles. The van der Waals surface area contributed by atoms with Crippen LogP contribution in [0.4, 0.5) is 0 Å². The van der Waals surface area contributed by atoms with Gasteiger partial charge < -0.3 is 10.2 Å². The number of aryl methyl sites for hydroxylation is 1. The van der Waals surface area contributed by atoms with Crippen molar-refractivity contribution in [3.05, 3.63) is 29.3 Å². The van der Waals surface area contributed by atoms with Crippen molar-refractivity contribution in [1.29, 1.82) is 0 Å². The number of carbonyl (C=O) groups is 1. The molecule has 1 aromatic carbocycles. The topological polar surface area (TPSA) is 57.5 Å². The monoisotopic (exact) mass is 390 g/mol. The zero-order valence-corrected chi connectivity index (χ0v) is 16.9. The summed E-state index contributed by atoms with van der Waals surface area (Å²) < 4.78 is 0. The molecule has 27 heavy (non-hydrogen) atoms. The molecule has 2 fully saturated rings. The standard InChI is InChI=1S/C23H31ClO3/c1-23-11-10-17-16-7-5-15(25)13-14(16)4-6-18(17)20(23)8-9-21(23)19(22(26)27)3-2-12-24/h5,7,13,17-21,25H,2-4,6,8-12H2,1H3,(H,26,27)/t17-,18-,19?,20+,21-,23+/m1/s1. The zero-order chi connectivity index (χ0) is 19.2. The predicted molar refractivity (Wildman–Crippen MR) is 107 cm³/mol. The summed E-state index contributed by atoms with van der Waals surface area (Å²) in [5.41, 5.74) is 2.90. The van der Waals surface area contributed by atoms with E-state index in [1.54, 1.807) is 0 Å². The molecule has 3 nitrogen and oxygen atoms in total. The van der Waals surface area contributed by atoms with Crippen LogP contribution in [0.2, 0.25) is 0 Å². The van der Waals surface area contributed by atoms with Gasteiger partial charge in [0.2, 0.25) is 0 Å². The molecule has 0 spiro atoms. The highest BCUT2D eigenvalue weighted by Gasteiger charge is 2.57. The maximum atomic E-state index is 12.0. The van der Waals surface area contributed by atoms with E-state index in [9.17, 15) is 15.0 Å². The van der Waals surface area contributed by atoms with Gasteiger partial charge in [0.25, 0.3) is 0 Å². The van der Waals surface area contributed by atoms with Crippen LogP contribution < -0.4 is 0 Å². The zero-order valence-electron chi connectivity index (χ0n) is 16.2. The molecule has 0 aliphatic heterocycles. The normalized spacial score (nSPS) is 35.8. The number of aliphatic carboxylic acids is 1. The van der Waals surface area contributed by atoms with Crippen molar-refractivity contribution in [3.63, 3.8) is 0 Å². The Morgan fingerprint density at radius 3 is 2.85 bits per heavy atom. The number of phenols is 1. The molecule has 2 saturated carbocycles. The second kappa shape index (κ2) is 7.31. The predicted octanol–water partition coefficient (Wildman–Crippen LogP) is 5.58. The van der Waals surface area contributed by atoms with Gasteiger partial charge in [-0.2, -0.15) is 0 Å². The number of aromatic hydroxyl groups is 1. The average molecular weight is 391 g/mol. The highest BCUT2D eigenvalue weighted by molar-refractivity contribution is 6.17. The van der Waals surface area contributed by atoms with E-state index in [-0.39, 0.29) is 17.3 Å². The van der Waals surface area contributed by atoms with Gasteiger partial charge >= 0.3 is 5.97 Å². The maximum Gasteiger partial charge on any atom is 0.306 e. The highest BCUT2D eigenvalue weighted by atomic mass is 35.5. The number of benzene rings is 1. The highest BCUT2D eigenvalue weighted by Crippen LogP contribution is 2.64. The lowest BCUT2D eigenvalue weighted by Gasteiger charge is -2.52. The van der Waals surface area contributed by atoms with Gasteiger partial charge in [-0.3, -0.25) is 4.79 Å². The third-order valence-electron chi connectivity index (χ3n) is 8.24. The molecule has 4 heteroatoms. The molecule has 6 atom stereocenters. The number of hydrogen-bond donors (Lipinski definition) is 2. The van der Waals surface area contributed by atoms with Crippen molar-refractivity contribution in [2.75, 3.05) is 5.88 Å². The van der Waals surface area contributed by atoms with Crippen molar-refractivity contribution in [3.8, 4) is 5.75 Å². The maximum absolute atomic E-state index is 12.0. The van der Waals surface area contributed by atoms with Crippen LogP contribution in [-0.2, 0) is 11.2 Å². The molecule has 148 valence electrons. The van der Waals surface area contributed by atoms with Crippen LogP contribution in [0, 0.1) is 29.1 Å². The molecular formula is C23H31ClO3. The molecule has 4 rings (SSSR count). The van der Waals surface area contributed by atoms with Crippen LogP contribution in [0.25, 0.3) is 0 Å². The summed E-state index contributed by atoms with van der Waals surface area (Å²) in [6, 6.07) is 5.92. The van der Waals surface area contributed by atoms with Gasteiger partial charge in [-0.1, -0.05) is 13.0 Å². The van der Waals surface area contributed by atoms with Gasteiger partial charge in [-0.05, 0) is 104 Å². The van der Waals surface area contributed by atoms with Crippen LogP contribution in [-0.4, -0.2) is 22.1 Å².